The molecule has 2 atom stereocenters. The van der Waals surface area contributed by atoms with Gasteiger partial charge in [-0.15, -0.1) is 0 Å². The van der Waals surface area contributed by atoms with Crippen LogP contribution in [0.5, 0.6) is 0 Å². The Labute approximate surface area is 183 Å². The summed E-state index contributed by atoms with van der Waals surface area (Å²) in [6.45, 7) is 6.86. The molecule has 4 rings (SSSR count). The Morgan fingerprint density at radius 2 is 1.79 bits per heavy atom. The quantitative estimate of drug-likeness (QED) is 0.639. The van der Waals surface area contributed by atoms with E-state index < -0.39 is 0 Å². The van der Waals surface area contributed by atoms with Crippen molar-refractivity contribution in [3.63, 3.8) is 0 Å². The van der Waals surface area contributed by atoms with E-state index in [0.717, 1.165) is 18.7 Å². The highest BCUT2D eigenvalue weighted by Crippen LogP contribution is 2.50. The maximum absolute atomic E-state index is 13.3. The van der Waals surface area contributed by atoms with Gasteiger partial charge in [-0.25, -0.2) is 0 Å². The first-order chi connectivity index (χ1) is 13.8. The molecule has 1 aliphatic heterocycles. The number of likely N-dealkylation sites (tertiary alicyclic amines) is 1. The van der Waals surface area contributed by atoms with Crippen LogP contribution < -0.4 is 0 Å². The van der Waals surface area contributed by atoms with E-state index in [1.807, 2.05) is 18.0 Å². The molecule has 1 heterocycles. The van der Waals surface area contributed by atoms with E-state index in [9.17, 15) is 4.79 Å². The summed E-state index contributed by atoms with van der Waals surface area (Å²) in [5.74, 6) is 0.102. The average Bonchev–Trinajstić information content (AvgIpc) is 3.29. The Morgan fingerprint density at radius 3 is 2.48 bits per heavy atom. The molecule has 5 heteroatoms. The van der Waals surface area contributed by atoms with E-state index in [2.05, 4.69) is 43.0 Å². The summed E-state index contributed by atoms with van der Waals surface area (Å²) in [6, 6.07) is 14.4. The summed E-state index contributed by atoms with van der Waals surface area (Å²) in [6.07, 6.45) is 2.78. The number of carbonyl (C=O) groups is 1. The summed E-state index contributed by atoms with van der Waals surface area (Å²) < 4.78 is 0. The van der Waals surface area contributed by atoms with E-state index in [-0.39, 0.29) is 23.4 Å². The van der Waals surface area contributed by atoms with Crippen LogP contribution in [0.15, 0.2) is 42.5 Å². The minimum Gasteiger partial charge on any atom is -0.337 e. The van der Waals surface area contributed by atoms with Crippen LogP contribution in [0.2, 0.25) is 10.0 Å². The first-order valence-corrected chi connectivity index (χ1v) is 11.1. The number of likely N-dealkylation sites (N-methyl/N-ethyl adjacent to an activating group) is 1. The van der Waals surface area contributed by atoms with Gasteiger partial charge in [-0.1, -0.05) is 67.4 Å². The molecule has 0 aromatic heterocycles. The van der Waals surface area contributed by atoms with Gasteiger partial charge in [0.1, 0.15) is 0 Å². The fourth-order valence-corrected chi connectivity index (χ4v) is 5.59. The second-order valence-electron chi connectivity index (χ2n) is 8.87. The molecule has 2 unspecified atom stereocenters. The van der Waals surface area contributed by atoms with Crippen molar-refractivity contribution in [2.45, 2.75) is 50.6 Å². The molecule has 0 N–H and O–H groups in total. The number of amides is 1. The van der Waals surface area contributed by atoms with Crippen molar-refractivity contribution >= 4 is 29.1 Å². The Kier molecular flexibility index (Phi) is 5.67. The Hall–Kier alpha value is -1.55. The summed E-state index contributed by atoms with van der Waals surface area (Å²) in [4.78, 5) is 17.9. The van der Waals surface area contributed by atoms with Gasteiger partial charge in [0.25, 0.3) is 0 Å². The lowest BCUT2D eigenvalue weighted by atomic mass is 9.81. The van der Waals surface area contributed by atoms with Crippen molar-refractivity contribution in [2.75, 3.05) is 20.1 Å². The number of benzene rings is 2. The zero-order valence-electron chi connectivity index (χ0n) is 17.3. The van der Waals surface area contributed by atoms with E-state index in [1.165, 1.54) is 24.0 Å². The Morgan fingerprint density at radius 1 is 1.10 bits per heavy atom. The topological polar surface area (TPSA) is 23.6 Å². The normalized spacial score (nSPS) is 23.2. The molecule has 1 aliphatic carbocycles. The maximum Gasteiger partial charge on any atom is 0.227 e. The van der Waals surface area contributed by atoms with Crippen molar-refractivity contribution in [3.8, 4) is 0 Å². The number of rotatable bonds is 4. The van der Waals surface area contributed by atoms with E-state index in [0.29, 0.717) is 16.5 Å². The molecule has 1 fully saturated rings. The standard InChI is InChI=1S/C24H28Cl2N2O/c1-24(2)18-9-5-4-8-17(18)22(23(24)28-12-6-7-13-28)27(3)21(29)15-16-10-11-19(25)20(26)14-16/h4-5,8-11,14,22-23H,6-7,12-13,15H2,1-3H3. The molecule has 0 spiro atoms. The predicted molar refractivity (Wildman–Crippen MR) is 120 cm³/mol. The van der Waals surface area contributed by atoms with Crippen LogP contribution in [0.3, 0.4) is 0 Å². The van der Waals surface area contributed by atoms with Crippen LogP contribution in [0.25, 0.3) is 0 Å². The van der Waals surface area contributed by atoms with Crippen molar-refractivity contribution in [2.24, 2.45) is 0 Å². The molecule has 2 aromatic rings. The minimum atomic E-state index is -0.0102. The molecule has 3 nitrogen and oxygen atoms in total. The van der Waals surface area contributed by atoms with Gasteiger partial charge in [-0.2, -0.15) is 0 Å². The number of fused-ring (bicyclic) bond motifs is 1. The fourth-order valence-electron chi connectivity index (χ4n) is 5.27. The number of carbonyl (C=O) groups excluding carboxylic acids is 1. The largest absolute Gasteiger partial charge is 0.337 e. The average molecular weight is 431 g/mol. The number of halogens is 2. The minimum absolute atomic E-state index is 0.0102. The van der Waals surface area contributed by atoms with Gasteiger partial charge >= 0.3 is 0 Å². The highest BCUT2D eigenvalue weighted by Gasteiger charge is 2.51. The number of hydrogen-bond acceptors (Lipinski definition) is 2. The molecule has 0 saturated carbocycles. The molecule has 2 aliphatic rings. The molecule has 0 radical (unpaired) electrons. The number of hydrogen-bond donors (Lipinski definition) is 0. The van der Waals surface area contributed by atoms with Gasteiger partial charge in [-0.05, 0) is 54.8 Å². The molecule has 1 saturated heterocycles. The van der Waals surface area contributed by atoms with Crippen LogP contribution in [0, 0.1) is 0 Å². The Bertz CT molecular complexity index is 921. The molecule has 2 aromatic carbocycles. The fraction of sp³-hybridized carbons (Fsp3) is 0.458. The highest BCUT2D eigenvalue weighted by molar-refractivity contribution is 6.42. The van der Waals surface area contributed by atoms with E-state index in [4.69, 9.17) is 23.2 Å². The van der Waals surface area contributed by atoms with Gasteiger partial charge < -0.3 is 4.90 Å². The lowest BCUT2D eigenvalue weighted by Crippen LogP contribution is -2.50. The monoisotopic (exact) mass is 430 g/mol. The first kappa shape index (κ1) is 20.7. The smallest absolute Gasteiger partial charge is 0.227 e. The lowest BCUT2D eigenvalue weighted by Gasteiger charge is -2.41. The molecular weight excluding hydrogens is 403 g/mol. The Balaban J connectivity index is 1.66. The van der Waals surface area contributed by atoms with Crippen molar-refractivity contribution in [1.29, 1.82) is 0 Å². The van der Waals surface area contributed by atoms with Gasteiger partial charge in [0, 0.05) is 18.5 Å². The highest BCUT2D eigenvalue weighted by atomic mass is 35.5. The zero-order chi connectivity index (χ0) is 20.8. The third-order valence-electron chi connectivity index (χ3n) is 6.70. The summed E-state index contributed by atoms with van der Waals surface area (Å²) in [5.41, 5.74) is 3.51. The zero-order valence-corrected chi connectivity index (χ0v) is 18.8. The molecule has 154 valence electrons. The van der Waals surface area contributed by atoms with E-state index in [1.54, 1.807) is 12.1 Å². The maximum atomic E-state index is 13.3. The van der Waals surface area contributed by atoms with Crippen molar-refractivity contribution < 1.29 is 4.79 Å². The molecule has 29 heavy (non-hydrogen) atoms. The van der Waals surface area contributed by atoms with Gasteiger partial charge in [0.2, 0.25) is 5.91 Å². The van der Waals surface area contributed by atoms with Crippen molar-refractivity contribution in [3.05, 3.63) is 69.2 Å². The second kappa shape index (κ2) is 7.94. The van der Waals surface area contributed by atoms with Gasteiger partial charge in [0.05, 0.1) is 22.5 Å². The van der Waals surface area contributed by atoms with Gasteiger partial charge in [0.15, 0.2) is 0 Å². The molecule has 0 bridgehead atoms. The first-order valence-electron chi connectivity index (χ1n) is 10.3. The van der Waals surface area contributed by atoms with Crippen LogP contribution in [-0.4, -0.2) is 41.9 Å². The second-order valence-corrected chi connectivity index (χ2v) is 9.69. The van der Waals surface area contributed by atoms with Crippen LogP contribution in [0.4, 0.5) is 0 Å². The third kappa shape index (κ3) is 3.69. The molecular formula is C24H28Cl2N2O. The molecule has 1 amide bonds. The summed E-state index contributed by atoms with van der Waals surface area (Å²) >= 11 is 12.2. The van der Waals surface area contributed by atoms with Gasteiger partial charge in [-0.3, -0.25) is 9.69 Å². The van der Waals surface area contributed by atoms with Crippen LogP contribution >= 0.6 is 23.2 Å². The summed E-state index contributed by atoms with van der Waals surface area (Å²) in [7, 11) is 1.95. The SMILES string of the molecule is CN(C(=O)Cc1ccc(Cl)c(Cl)c1)C1c2ccccc2C(C)(C)C1N1CCCC1. The third-order valence-corrected chi connectivity index (χ3v) is 7.44. The van der Waals surface area contributed by atoms with Crippen molar-refractivity contribution in [1.82, 2.24) is 9.80 Å². The lowest BCUT2D eigenvalue weighted by molar-refractivity contribution is -0.133. The summed E-state index contributed by atoms with van der Waals surface area (Å²) in [5, 5.41) is 0.999. The van der Waals surface area contributed by atoms with Crippen LogP contribution in [-0.2, 0) is 16.6 Å². The number of nitrogens with zero attached hydrogens (tertiary/aromatic N) is 2. The predicted octanol–water partition coefficient (Wildman–Crippen LogP) is 5.49. The van der Waals surface area contributed by atoms with E-state index >= 15 is 0 Å². The van der Waals surface area contributed by atoms with Crippen LogP contribution in [0.1, 0.15) is 49.4 Å².